The number of nitrogens with zero attached hydrogens (tertiary/aromatic N) is 1. The largest absolute Gasteiger partial charge is 0.496 e. The summed E-state index contributed by atoms with van der Waals surface area (Å²) in [4.78, 5) is 24.7. The van der Waals surface area contributed by atoms with E-state index in [1.807, 2.05) is 24.3 Å². The Morgan fingerprint density at radius 2 is 1.73 bits per heavy atom. The predicted molar refractivity (Wildman–Crippen MR) is 94.1 cm³/mol. The van der Waals surface area contributed by atoms with Crippen molar-refractivity contribution in [2.75, 3.05) is 25.1 Å². The van der Waals surface area contributed by atoms with E-state index in [4.69, 9.17) is 4.74 Å². The van der Waals surface area contributed by atoms with Crippen LogP contribution in [0.25, 0.3) is 0 Å². The van der Waals surface area contributed by atoms with Gasteiger partial charge in [-0.15, -0.1) is 0 Å². The Labute approximate surface area is 150 Å². The standard InChI is InChI=1S/C19H20F2N2O3/c1-13(24)23(19-15(20)7-5-8-16(19)21)12-18(25)22-11-10-14-6-3-4-9-17(14)26-2/h3-9H,10-12H2,1-2H3,(H,22,25). The molecule has 0 radical (unpaired) electrons. The minimum Gasteiger partial charge on any atom is -0.496 e. The summed E-state index contributed by atoms with van der Waals surface area (Å²) in [6.07, 6.45) is 0.518. The molecule has 0 aliphatic heterocycles. The van der Waals surface area contributed by atoms with E-state index in [2.05, 4.69) is 5.32 Å². The molecule has 0 atom stereocenters. The molecule has 0 aromatic heterocycles. The summed E-state index contributed by atoms with van der Waals surface area (Å²) in [5.41, 5.74) is 0.388. The smallest absolute Gasteiger partial charge is 0.240 e. The number of halogens is 2. The fourth-order valence-corrected chi connectivity index (χ4v) is 2.54. The summed E-state index contributed by atoms with van der Waals surface area (Å²) < 4.78 is 33.0. The van der Waals surface area contributed by atoms with E-state index in [0.717, 1.165) is 29.5 Å². The van der Waals surface area contributed by atoms with Crippen LogP contribution < -0.4 is 15.0 Å². The highest BCUT2D eigenvalue weighted by atomic mass is 19.1. The maximum absolute atomic E-state index is 13.9. The number of carbonyl (C=O) groups is 2. The summed E-state index contributed by atoms with van der Waals surface area (Å²) in [6.45, 7) is 0.970. The van der Waals surface area contributed by atoms with E-state index in [0.29, 0.717) is 18.7 Å². The van der Waals surface area contributed by atoms with Crippen molar-refractivity contribution in [1.29, 1.82) is 0 Å². The van der Waals surface area contributed by atoms with Gasteiger partial charge in [0.2, 0.25) is 11.8 Å². The van der Waals surface area contributed by atoms with Crippen LogP contribution >= 0.6 is 0 Å². The molecule has 2 aromatic carbocycles. The van der Waals surface area contributed by atoms with Crippen LogP contribution in [0.15, 0.2) is 42.5 Å². The summed E-state index contributed by atoms with van der Waals surface area (Å²) in [6, 6.07) is 10.7. The van der Waals surface area contributed by atoms with Gasteiger partial charge >= 0.3 is 0 Å². The Bertz CT molecular complexity index is 776. The van der Waals surface area contributed by atoms with E-state index in [9.17, 15) is 18.4 Å². The highest BCUT2D eigenvalue weighted by Gasteiger charge is 2.22. The maximum atomic E-state index is 13.9. The van der Waals surface area contributed by atoms with Crippen LogP contribution in [0.1, 0.15) is 12.5 Å². The lowest BCUT2D eigenvalue weighted by Gasteiger charge is -2.21. The third-order valence-corrected chi connectivity index (χ3v) is 3.80. The van der Waals surface area contributed by atoms with Gasteiger partial charge in [-0.3, -0.25) is 14.5 Å². The molecule has 0 fully saturated rings. The molecule has 0 heterocycles. The summed E-state index contributed by atoms with van der Waals surface area (Å²) >= 11 is 0. The fourth-order valence-electron chi connectivity index (χ4n) is 2.54. The van der Waals surface area contributed by atoms with Crippen molar-refractivity contribution in [2.24, 2.45) is 0 Å². The monoisotopic (exact) mass is 362 g/mol. The molecule has 5 nitrogen and oxygen atoms in total. The van der Waals surface area contributed by atoms with Crippen molar-refractivity contribution in [1.82, 2.24) is 5.32 Å². The Morgan fingerprint density at radius 1 is 1.08 bits per heavy atom. The fraction of sp³-hybridized carbons (Fsp3) is 0.263. The van der Waals surface area contributed by atoms with Crippen LogP contribution in [-0.2, 0) is 16.0 Å². The average molecular weight is 362 g/mol. The lowest BCUT2D eigenvalue weighted by molar-refractivity contribution is -0.123. The second-order valence-electron chi connectivity index (χ2n) is 5.59. The van der Waals surface area contributed by atoms with Gasteiger partial charge in [0.25, 0.3) is 0 Å². The Morgan fingerprint density at radius 3 is 2.35 bits per heavy atom. The number of carbonyl (C=O) groups excluding carboxylic acids is 2. The van der Waals surface area contributed by atoms with E-state index in [-0.39, 0.29) is 0 Å². The predicted octanol–water partition coefficient (Wildman–Crippen LogP) is 2.69. The molecule has 0 saturated heterocycles. The molecule has 138 valence electrons. The van der Waals surface area contributed by atoms with Gasteiger partial charge in [0.05, 0.1) is 7.11 Å². The minimum atomic E-state index is -0.901. The van der Waals surface area contributed by atoms with Gasteiger partial charge in [0.15, 0.2) is 0 Å². The molecule has 7 heteroatoms. The van der Waals surface area contributed by atoms with E-state index >= 15 is 0 Å². The zero-order valence-electron chi connectivity index (χ0n) is 14.6. The van der Waals surface area contributed by atoms with Crippen molar-refractivity contribution in [3.05, 3.63) is 59.7 Å². The first kappa shape index (κ1) is 19.4. The molecule has 0 spiro atoms. The van der Waals surface area contributed by atoms with E-state index in [1.165, 1.54) is 6.07 Å². The number of methoxy groups -OCH3 is 1. The first-order valence-electron chi connectivity index (χ1n) is 8.04. The summed E-state index contributed by atoms with van der Waals surface area (Å²) in [5, 5.41) is 2.64. The number of rotatable bonds is 7. The number of ether oxygens (including phenoxy) is 1. The van der Waals surface area contributed by atoms with Crippen LogP contribution in [0.5, 0.6) is 5.75 Å². The van der Waals surface area contributed by atoms with Crippen molar-refractivity contribution in [2.45, 2.75) is 13.3 Å². The zero-order chi connectivity index (χ0) is 19.1. The lowest BCUT2D eigenvalue weighted by Crippen LogP contribution is -2.41. The van der Waals surface area contributed by atoms with E-state index in [1.54, 1.807) is 7.11 Å². The number of amides is 2. The maximum Gasteiger partial charge on any atom is 0.240 e. The highest BCUT2D eigenvalue weighted by molar-refractivity contribution is 5.97. The molecule has 26 heavy (non-hydrogen) atoms. The highest BCUT2D eigenvalue weighted by Crippen LogP contribution is 2.23. The van der Waals surface area contributed by atoms with Crippen molar-refractivity contribution >= 4 is 17.5 Å². The molecule has 2 rings (SSSR count). The normalized spacial score (nSPS) is 10.3. The molecule has 2 amide bonds. The first-order valence-corrected chi connectivity index (χ1v) is 8.04. The summed E-state index contributed by atoms with van der Waals surface area (Å²) in [7, 11) is 1.56. The first-order chi connectivity index (χ1) is 12.4. The average Bonchev–Trinajstić information content (AvgIpc) is 2.61. The Balaban J connectivity index is 1.99. The lowest BCUT2D eigenvalue weighted by atomic mass is 10.1. The number of para-hydroxylation sites is 2. The molecule has 0 aliphatic rings. The van der Waals surface area contributed by atoms with Gasteiger partial charge < -0.3 is 10.1 Å². The van der Waals surface area contributed by atoms with Gasteiger partial charge in [-0.1, -0.05) is 24.3 Å². The number of hydrogen-bond acceptors (Lipinski definition) is 3. The number of nitrogens with one attached hydrogen (secondary N) is 1. The zero-order valence-corrected chi connectivity index (χ0v) is 14.6. The quantitative estimate of drug-likeness (QED) is 0.824. The molecule has 2 aromatic rings. The molecule has 0 bridgehead atoms. The third-order valence-electron chi connectivity index (χ3n) is 3.80. The summed E-state index contributed by atoms with van der Waals surface area (Å²) in [5.74, 6) is -2.24. The molecule has 0 unspecified atom stereocenters. The van der Waals surface area contributed by atoms with Gasteiger partial charge in [-0.25, -0.2) is 8.78 Å². The van der Waals surface area contributed by atoms with Crippen LogP contribution in [0.3, 0.4) is 0 Å². The van der Waals surface area contributed by atoms with Crippen LogP contribution in [0.2, 0.25) is 0 Å². The molecular weight excluding hydrogens is 342 g/mol. The Kier molecular flexibility index (Phi) is 6.66. The SMILES string of the molecule is COc1ccccc1CCNC(=O)CN(C(C)=O)c1c(F)cccc1F. The van der Waals surface area contributed by atoms with Gasteiger partial charge in [-0.2, -0.15) is 0 Å². The number of anilines is 1. The van der Waals surface area contributed by atoms with Crippen molar-refractivity contribution in [3.63, 3.8) is 0 Å². The van der Waals surface area contributed by atoms with Crippen LogP contribution in [0, 0.1) is 11.6 Å². The van der Waals surface area contributed by atoms with Crippen LogP contribution in [0.4, 0.5) is 14.5 Å². The topological polar surface area (TPSA) is 58.6 Å². The molecule has 0 aliphatic carbocycles. The number of benzene rings is 2. The second-order valence-corrected chi connectivity index (χ2v) is 5.59. The van der Waals surface area contributed by atoms with Gasteiger partial charge in [0.1, 0.15) is 29.6 Å². The molecule has 0 saturated carbocycles. The molecular formula is C19H20F2N2O3. The van der Waals surface area contributed by atoms with E-state index < -0.39 is 35.7 Å². The van der Waals surface area contributed by atoms with Gasteiger partial charge in [0, 0.05) is 13.5 Å². The minimum absolute atomic E-state index is 0.296. The van der Waals surface area contributed by atoms with Gasteiger partial charge in [-0.05, 0) is 30.2 Å². The van der Waals surface area contributed by atoms with Crippen molar-refractivity contribution < 1.29 is 23.1 Å². The van der Waals surface area contributed by atoms with Crippen molar-refractivity contribution in [3.8, 4) is 5.75 Å². The number of hydrogen-bond donors (Lipinski definition) is 1. The molecule has 1 N–H and O–H groups in total. The van der Waals surface area contributed by atoms with Crippen LogP contribution in [-0.4, -0.2) is 32.0 Å². The second kappa shape index (κ2) is 8.94. The third kappa shape index (κ3) is 4.78. The Hall–Kier alpha value is -2.96.